The first-order valence-electron chi connectivity index (χ1n) is 8.90. The minimum absolute atomic E-state index is 0.0334. The second-order valence-electron chi connectivity index (χ2n) is 6.62. The number of aliphatic carboxylic acids is 1. The maximum Gasteiger partial charge on any atom is 0.304 e. The molecule has 0 saturated carbocycles. The highest BCUT2D eigenvalue weighted by molar-refractivity contribution is 5.93. The Morgan fingerprint density at radius 3 is 2.57 bits per heavy atom. The fourth-order valence-corrected chi connectivity index (χ4v) is 2.85. The van der Waals surface area contributed by atoms with Gasteiger partial charge in [0.15, 0.2) is 11.2 Å². The number of amides is 2. The van der Waals surface area contributed by atoms with Gasteiger partial charge in [-0.1, -0.05) is 0 Å². The van der Waals surface area contributed by atoms with E-state index in [9.17, 15) is 14.4 Å². The van der Waals surface area contributed by atoms with Crippen LogP contribution in [0.5, 0.6) is 0 Å². The van der Waals surface area contributed by atoms with E-state index in [1.165, 1.54) is 7.05 Å². The summed E-state index contributed by atoms with van der Waals surface area (Å²) in [5.41, 5.74) is 3.71. The molecule has 150 valence electrons. The molecule has 2 aromatic rings. The monoisotopic (exact) mass is 387 g/mol. The molecule has 0 aliphatic rings. The molecule has 0 aliphatic heterocycles. The van der Waals surface area contributed by atoms with Crippen molar-refractivity contribution in [3.63, 3.8) is 0 Å². The van der Waals surface area contributed by atoms with Crippen LogP contribution in [-0.4, -0.2) is 65.0 Å². The summed E-state index contributed by atoms with van der Waals surface area (Å²) in [5.74, 6) is -1.30. The minimum atomic E-state index is -0.862. The van der Waals surface area contributed by atoms with E-state index in [-0.39, 0.29) is 17.6 Å². The summed E-state index contributed by atoms with van der Waals surface area (Å²) in [6, 6.07) is 3.85. The number of aryl methyl sites for hydroxylation is 2. The van der Waals surface area contributed by atoms with E-state index < -0.39 is 11.9 Å². The first kappa shape index (κ1) is 21.2. The van der Waals surface area contributed by atoms with Gasteiger partial charge in [-0.2, -0.15) is 4.99 Å². The summed E-state index contributed by atoms with van der Waals surface area (Å²) < 4.78 is 1.78. The van der Waals surface area contributed by atoms with Crippen LogP contribution in [0.2, 0.25) is 0 Å². The molecule has 1 heterocycles. The molecular weight excluding hydrogens is 362 g/mol. The van der Waals surface area contributed by atoms with Gasteiger partial charge in [-0.05, 0) is 44.2 Å². The molecule has 1 aromatic carbocycles. The number of nitrogens with one attached hydrogen (secondary N) is 1. The number of fused-ring (bicyclic) bond motifs is 1. The van der Waals surface area contributed by atoms with Crippen molar-refractivity contribution in [2.24, 2.45) is 4.99 Å². The van der Waals surface area contributed by atoms with Gasteiger partial charge in [-0.15, -0.1) is 0 Å². The average molecular weight is 387 g/mol. The summed E-state index contributed by atoms with van der Waals surface area (Å²) >= 11 is 0. The van der Waals surface area contributed by atoms with Gasteiger partial charge in [-0.3, -0.25) is 14.4 Å². The highest BCUT2D eigenvalue weighted by Crippen LogP contribution is 2.17. The molecule has 0 unspecified atom stereocenters. The lowest BCUT2D eigenvalue weighted by molar-refractivity contribution is -0.137. The van der Waals surface area contributed by atoms with Crippen LogP contribution in [0.15, 0.2) is 17.1 Å². The van der Waals surface area contributed by atoms with Crippen molar-refractivity contribution in [3.8, 4) is 0 Å². The van der Waals surface area contributed by atoms with Crippen LogP contribution in [0.25, 0.3) is 11.0 Å². The van der Waals surface area contributed by atoms with Crippen LogP contribution < -0.4 is 10.8 Å². The van der Waals surface area contributed by atoms with Crippen molar-refractivity contribution in [3.05, 3.63) is 34.4 Å². The fourth-order valence-electron chi connectivity index (χ4n) is 2.85. The van der Waals surface area contributed by atoms with Gasteiger partial charge in [0.1, 0.15) is 0 Å². The standard InChI is InChI=1S/C19H25N5O4/c1-12-9-14-15(10-13(12)2)24(8-7-23(4)6-5-16(26)27)18(21-11-25)17(22-14)19(28)20-3/h9-11H,5-8H2,1-4H3,(H,20,28)(H,26,27). The zero-order chi connectivity index (χ0) is 20.8. The Labute approximate surface area is 162 Å². The molecule has 1 aromatic heterocycles. The van der Waals surface area contributed by atoms with Gasteiger partial charge < -0.3 is 19.9 Å². The Morgan fingerprint density at radius 1 is 1.29 bits per heavy atom. The summed E-state index contributed by atoms with van der Waals surface area (Å²) in [6.45, 7) is 5.25. The first-order valence-corrected chi connectivity index (χ1v) is 8.90. The van der Waals surface area contributed by atoms with Gasteiger partial charge in [0, 0.05) is 26.7 Å². The number of hydrogen-bond acceptors (Lipinski definition) is 5. The number of benzene rings is 1. The number of rotatable bonds is 8. The topological polar surface area (TPSA) is 117 Å². The van der Waals surface area contributed by atoms with E-state index in [0.717, 1.165) is 16.6 Å². The second-order valence-corrected chi connectivity index (χ2v) is 6.62. The maximum atomic E-state index is 12.3. The molecule has 0 bridgehead atoms. The molecule has 0 spiro atoms. The largest absolute Gasteiger partial charge is 0.481 e. The van der Waals surface area contributed by atoms with E-state index in [4.69, 9.17) is 5.11 Å². The van der Waals surface area contributed by atoms with E-state index >= 15 is 0 Å². The number of carboxylic acids is 1. The zero-order valence-electron chi connectivity index (χ0n) is 16.5. The lowest BCUT2D eigenvalue weighted by atomic mass is 10.1. The molecule has 9 heteroatoms. The van der Waals surface area contributed by atoms with Crippen molar-refractivity contribution in [2.75, 3.05) is 27.2 Å². The predicted octanol–water partition coefficient (Wildman–Crippen LogP) is 0.476. The normalized spacial score (nSPS) is 11.8. The molecule has 28 heavy (non-hydrogen) atoms. The number of aromatic nitrogens is 2. The third-order valence-electron chi connectivity index (χ3n) is 4.61. The van der Waals surface area contributed by atoms with Crippen LogP contribution in [0.3, 0.4) is 0 Å². The zero-order valence-corrected chi connectivity index (χ0v) is 16.5. The average Bonchev–Trinajstić information content (AvgIpc) is 2.66. The van der Waals surface area contributed by atoms with Crippen molar-refractivity contribution < 1.29 is 19.5 Å². The Morgan fingerprint density at radius 2 is 1.96 bits per heavy atom. The quantitative estimate of drug-likeness (QED) is 0.636. The third kappa shape index (κ3) is 4.80. The van der Waals surface area contributed by atoms with Crippen molar-refractivity contribution >= 4 is 29.3 Å². The highest BCUT2D eigenvalue weighted by atomic mass is 16.4. The number of hydrogen-bond donors (Lipinski definition) is 2. The van der Waals surface area contributed by atoms with Crippen LogP contribution in [-0.2, 0) is 16.1 Å². The van der Waals surface area contributed by atoms with E-state index in [1.54, 1.807) is 4.57 Å². The second kappa shape index (κ2) is 9.23. The molecule has 2 N–H and O–H groups in total. The summed E-state index contributed by atoms with van der Waals surface area (Å²) in [4.78, 5) is 44.4. The maximum absolute atomic E-state index is 12.3. The molecule has 2 amide bonds. The minimum Gasteiger partial charge on any atom is -0.481 e. The lowest BCUT2D eigenvalue weighted by Gasteiger charge is -2.19. The Bertz CT molecular complexity index is 980. The number of nitrogens with zero attached hydrogens (tertiary/aromatic N) is 4. The Balaban J connectivity index is 2.61. The van der Waals surface area contributed by atoms with Gasteiger partial charge in [0.2, 0.25) is 6.41 Å². The van der Waals surface area contributed by atoms with Gasteiger partial charge in [0.05, 0.1) is 17.5 Å². The first-order chi connectivity index (χ1) is 13.3. The summed E-state index contributed by atoms with van der Waals surface area (Å²) in [5, 5.41) is 11.4. The van der Waals surface area contributed by atoms with Crippen molar-refractivity contribution in [2.45, 2.75) is 26.8 Å². The molecule has 0 atom stereocenters. The van der Waals surface area contributed by atoms with Gasteiger partial charge in [0.25, 0.3) is 5.91 Å². The molecule has 9 nitrogen and oxygen atoms in total. The predicted molar refractivity (Wildman–Crippen MR) is 104 cm³/mol. The lowest BCUT2D eigenvalue weighted by Crippen LogP contribution is -2.37. The number of carboxylic acid groups (broad SMARTS) is 1. The smallest absolute Gasteiger partial charge is 0.304 e. The van der Waals surface area contributed by atoms with Crippen molar-refractivity contribution in [1.29, 1.82) is 0 Å². The summed E-state index contributed by atoms with van der Waals surface area (Å²) in [6.07, 6.45) is 0.423. The number of carbonyl (C=O) groups is 3. The van der Waals surface area contributed by atoms with E-state index in [1.807, 2.05) is 37.9 Å². The Kier molecular flexibility index (Phi) is 7.00. The van der Waals surface area contributed by atoms with Crippen LogP contribution >= 0.6 is 0 Å². The molecule has 0 saturated heterocycles. The number of carbonyl (C=O) groups excluding carboxylic acids is 2. The summed E-state index contributed by atoms with van der Waals surface area (Å²) in [7, 11) is 3.31. The van der Waals surface area contributed by atoms with Crippen molar-refractivity contribution in [1.82, 2.24) is 19.8 Å². The highest BCUT2D eigenvalue weighted by Gasteiger charge is 2.16. The Hall–Kier alpha value is -3.07. The molecular formula is C19H25N5O4. The fraction of sp³-hybridized carbons (Fsp3) is 0.421. The van der Waals surface area contributed by atoms with Crippen LogP contribution in [0.4, 0.5) is 0 Å². The number of likely N-dealkylation sites (N-methyl/N-ethyl adjacent to an activating group) is 1. The van der Waals surface area contributed by atoms with E-state index in [2.05, 4.69) is 15.3 Å². The molecule has 2 rings (SSSR count). The molecule has 0 aliphatic carbocycles. The van der Waals surface area contributed by atoms with E-state index in [0.29, 0.717) is 31.6 Å². The molecule has 0 radical (unpaired) electrons. The van der Waals surface area contributed by atoms with Crippen LogP contribution in [0.1, 0.15) is 28.0 Å². The molecule has 0 fully saturated rings. The van der Waals surface area contributed by atoms with Crippen LogP contribution in [0, 0.1) is 13.8 Å². The third-order valence-corrected chi connectivity index (χ3v) is 4.61. The van der Waals surface area contributed by atoms with Gasteiger partial charge in [-0.25, -0.2) is 4.98 Å². The SMILES string of the molecule is CNC(=O)c1nc2cc(C)c(C)cc2n(CCN(C)CCC(=O)O)c1=NC=O. The van der Waals surface area contributed by atoms with Gasteiger partial charge >= 0.3 is 5.97 Å².